The van der Waals surface area contributed by atoms with E-state index in [9.17, 15) is 0 Å². The molecule has 0 aliphatic carbocycles. The van der Waals surface area contributed by atoms with Gasteiger partial charge in [0.2, 0.25) is 0 Å². The molecule has 10 aromatic carbocycles. The van der Waals surface area contributed by atoms with Gasteiger partial charge in [-0.15, -0.1) is 0 Å². The predicted molar refractivity (Wildman–Crippen MR) is 250 cm³/mol. The fraction of sp³-hybridized carbons (Fsp3) is 0. The summed E-state index contributed by atoms with van der Waals surface area (Å²) in [7, 11) is 0. The zero-order valence-electron chi connectivity index (χ0n) is 32.6. The molecular formula is C56H36N4. The minimum absolute atomic E-state index is 0.905. The van der Waals surface area contributed by atoms with E-state index in [1.165, 1.54) is 43.8 Å². The molecule has 0 saturated carbocycles. The van der Waals surface area contributed by atoms with E-state index in [-0.39, 0.29) is 0 Å². The van der Waals surface area contributed by atoms with E-state index in [1.807, 2.05) is 0 Å². The van der Waals surface area contributed by atoms with Gasteiger partial charge in [-0.25, -0.2) is 9.97 Å². The molecule has 0 saturated heterocycles. The summed E-state index contributed by atoms with van der Waals surface area (Å²) in [6, 6.07) is 78.2. The summed E-state index contributed by atoms with van der Waals surface area (Å²) in [4.78, 5) is 10.6. The van der Waals surface area contributed by atoms with Crippen LogP contribution in [-0.4, -0.2) is 19.1 Å². The lowest BCUT2D eigenvalue weighted by atomic mass is 9.86. The van der Waals surface area contributed by atoms with Crippen molar-refractivity contribution in [3.63, 3.8) is 0 Å². The number of rotatable bonds is 6. The van der Waals surface area contributed by atoms with Gasteiger partial charge in [-0.05, 0) is 86.3 Å². The summed E-state index contributed by atoms with van der Waals surface area (Å²) in [5, 5.41) is 7.03. The van der Waals surface area contributed by atoms with E-state index in [0.717, 1.165) is 67.0 Å². The van der Waals surface area contributed by atoms with E-state index in [2.05, 4.69) is 228 Å². The highest BCUT2D eigenvalue weighted by Crippen LogP contribution is 2.46. The molecular weight excluding hydrogens is 729 g/mol. The molecule has 12 rings (SSSR count). The van der Waals surface area contributed by atoms with Gasteiger partial charge < -0.3 is 0 Å². The summed E-state index contributed by atoms with van der Waals surface area (Å²) in [5.41, 5.74) is 13.1. The van der Waals surface area contributed by atoms with Crippen LogP contribution >= 0.6 is 0 Å². The SMILES string of the molecule is c1ccc(-c2cccc3cccc(-c4c5cccc(-n6c(-c7ccccc7)nc7ccccc76)c5cc5c(-n6c(-c7ccccc7)nc7ccccc76)cccc45)c23)cc1. The number of aromatic nitrogens is 4. The van der Waals surface area contributed by atoms with Crippen molar-refractivity contribution in [3.8, 4) is 56.4 Å². The molecule has 12 aromatic rings. The first-order chi connectivity index (χ1) is 29.8. The minimum Gasteiger partial charge on any atom is -0.292 e. The van der Waals surface area contributed by atoms with Crippen LogP contribution in [0, 0.1) is 0 Å². The molecule has 60 heavy (non-hydrogen) atoms. The molecule has 2 heterocycles. The second-order valence-corrected chi connectivity index (χ2v) is 15.3. The van der Waals surface area contributed by atoms with Gasteiger partial charge in [-0.3, -0.25) is 9.13 Å². The Hall–Kier alpha value is -8.08. The van der Waals surface area contributed by atoms with Gasteiger partial charge in [0.1, 0.15) is 11.6 Å². The Labute approximate surface area is 346 Å². The van der Waals surface area contributed by atoms with Crippen molar-refractivity contribution in [3.05, 3.63) is 218 Å². The molecule has 0 amide bonds. The van der Waals surface area contributed by atoms with E-state index in [0.29, 0.717) is 0 Å². The maximum Gasteiger partial charge on any atom is 0.145 e. The van der Waals surface area contributed by atoms with Gasteiger partial charge in [-0.1, -0.05) is 176 Å². The second-order valence-electron chi connectivity index (χ2n) is 15.3. The number of fused-ring (bicyclic) bond motifs is 5. The van der Waals surface area contributed by atoms with E-state index in [4.69, 9.17) is 9.97 Å². The smallest absolute Gasteiger partial charge is 0.145 e. The molecule has 0 N–H and O–H groups in total. The van der Waals surface area contributed by atoms with Crippen LogP contribution in [0.1, 0.15) is 0 Å². The summed E-state index contributed by atoms with van der Waals surface area (Å²) in [6.07, 6.45) is 0. The van der Waals surface area contributed by atoms with Crippen LogP contribution in [0.2, 0.25) is 0 Å². The largest absolute Gasteiger partial charge is 0.292 e. The number of imidazole rings is 2. The first-order valence-electron chi connectivity index (χ1n) is 20.4. The van der Waals surface area contributed by atoms with E-state index >= 15 is 0 Å². The Kier molecular flexibility index (Phi) is 7.82. The molecule has 0 aliphatic heterocycles. The first kappa shape index (κ1) is 34.0. The van der Waals surface area contributed by atoms with Crippen molar-refractivity contribution in [1.82, 2.24) is 19.1 Å². The van der Waals surface area contributed by atoms with Crippen LogP contribution in [0.25, 0.3) is 111 Å². The quantitative estimate of drug-likeness (QED) is 0.158. The second kappa shape index (κ2) is 13.8. The maximum absolute atomic E-state index is 5.28. The summed E-state index contributed by atoms with van der Waals surface area (Å²) >= 11 is 0. The molecule has 4 heteroatoms. The average Bonchev–Trinajstić information content (AvgIpc) is 3.90. The number of benzene rings is 10. The molecule has 0 radical (unpaired) electrons. The monoisotopic (exact) mass is 764 g/mol. The third-order valence-electron chi connectivity index (χ3n) is 11.9. The number of hydrogen-bond acceptors (Lipinski definition) is 2. The molecule has 0 aliphatic rings. The fourth-order valence-electron chi connectivity index (χ4n) is 9.32. The molecule has 2 aromatic heterocycles. The lowest BCUT2D eigenvalue weighted by Crippen LogP contribution is -2.02. The lowest BCUT2D eigenvalue weighted by molar-refractivity contribution is 1.11. The maximum atomic E-state index is 5.28. The third kappa shape index (κ3) is 5.32. The average molecular weight is 765 g/mol. The highest BCUT2D eigenvalue weighted by atomic mass is 15.1. The van der Waals surface area contributed by atoms with Crippen LogP contribution in [0.15, 0.2) is 218 Å². The Morgan fingerprint density at radius 1 is 0.317 bits per heavy atom. The molecule has 0 spiro atoms. The van der Waals surface area contributed by atoms with Gasteiger partial charge in [0.25, 0.3) is 0 Å². The lowest BCUT2D eigenvalue weighted by Gasteiger charge is -2.21. The normalized spacial score (nSPS) is 11.7. The molecule has 0 bridgehead atoms. The number of para-hydroxylation sites is 4. The van der Waals surface area contributed by atoms with Crippen LogP contribution in [-0.2, 0) is 0 Å². The zero-order chi connectivity index (χ0) is 39.6. The zero-order valence-corrected chi connectivity index (χ0v) is 32.6. The van der Waals surface area contributed by atoms with Gasteiger partial charge in [0, 0.05) is 21.9 Å². The van der Waals surface area contributed by atoms with Gasteiger partial charge >= 0.3 is 0 Å². The predicted octanol–water partition coefficient (Wildman–Crippen LogP) is 14.5. The minimum atomic E-state index is 0.905. The van der Waals surface area contributed by atoms with Gasteiger partial charge in [0.05, 0.1) is 33.4 Å². The Balaban J connectivity index is 1.27. The van der Waals surface area contributed by atoms with E-state index in [1.54, 1.807) is 0 Å². The van der Waals surface area contributed by atoms with Crippen molar-refractivity contribution in [2.24, 2.45) is 0 Å². The van der Waals surface area contributed by atoms with Crippen molar-refractivity contribution in [2.45, 2.75) is 0 Å². The molecule has 0 fully saturated rings. The molecule has 280 valence electrons. The van der Waals surface area contributed by atoms with Crippen LogP contribution < -0.4 is 0 Å². The summed E-state index contributed by atoms with van der Waals surface area (Å²) in [5.74, 6) is 1.81. The summed E-state index contributed by atoms with van der Waals surface area (Å²) < 4.78 is 4.71. The first-order valence-corrected chi connectivity index (χ1v) is 20.4. The number of hydrogen-bond donors (Lipinski definition) is 0. The molecule has 0 atom stereocenters. The van der Waals surface area contributed by atoms with E-state index < -0.39 is 0 Å². The summed E-state index contributed by atoms with van der Waals surface area (Å²) in [6.45, 7) is 0. The van der Waals surface area contributed by atoms with Crippen LogP contribution in [0.4, 0.5) is 0 Å². The van der Waals surface area contributed by atoms with Crippen molar-refractivity contribution >= 4 is 54.4 Å². The van der Waals surface area contributed by atoms with Crippen LogP contribution in [0.5, 0.6) is 0 Å². The Morgan fingerprint density at radius 2 is 0.750 bits per heavy atom. The van der Waals surface area contributed by atoms with Gasteiger partial charge in [-0.2, -0.15) is 0 Å². The number of nitrogens with zero attached hydrogens (tertiary/aromatic N) is 4. The van der Waals surface area contributed by atoms with Crippen molar-refractivity contribution in [2.75, 3.05) is 0 Å². The third-order valence-corrected chi connectivity index (χ3v) is 11.9. The topological polar surface area (TPSA) is 35.6 Å². The van der Waals surface area contributed by atoms with Crippen molar-refractivity contribution < 1.29 is 0 Å². The van der Waals surface area contributed by atoms with Crippen molar-refractivity contribution in [1.29, 1.82) is 0 Å². The van der Waals surface area contributed by atoms with Crippen LogP contribution in [0.3, 0.4) is 0 Å². The molecule has 0 unspecified atom stereocenters. The fourth-order valence-corrected chi connectivity index (χ4v) is 9.32. The Bertz CT molecular complexity index is 3400. The highest BCUT2D eigenvalue weighted by molar-refractivity contribution is 6.21. The Morgan fingerprint density at radius 3 is 1.27 bits per heavy atom. The standard InChI is InChI=1S/C56H36N4/c1-4-18-37(19-5-1)41-26-14-24-38-25-15-29-44(53(38)41)54-42-27-16-34-49(59-51-32-12-10-30-47(51)57-55(59)39-20-6-2-7-21-39)45(42)36-46-43(54)28-17-35-50(46)60-52-33-13-11-31-48(52)58-56(60)40-22-8-3-9-23-40/h1-36H. The van der Waals surface area contributed by atoms with Gasteiger partial charge in [0.15, 0.2) is 0 Å². The molecule has 4 nitrogen and oxygen atoms in total. The highest BCUT2D eigenvalue weighted by Gasteiger charge is 2.23.